The van der Waals surface area contributed by atoms with E-state index in [1.54, 1.807) is 11.1 Å². The molecule has 2 nitrogen and oxygen atoms in total. The molecular formula is C25H45Cl2O2Zr-. The summed E-state index contributed by atoms with van der Waals surface area (Å²) in [4.78, 5) is 0. The zero-order valence-electron chi connectivity index (χ0n) is 20.3. The Morgan fingerprint density at radius 2 is 1.23 bits per heavy atom. The molecule has 0 radical (unpaired) electrons. The third-order valence-corrected chi connectivity index (χ3v) is 4.76. The van der Waals surface area contributed by atoms with E-state index in [9.17, 15) is 0 Å². The van der Waals surface area contributed by atoms with Crippen molar-refractivity contribution < 1.29 is 30.3 Å². The normalized spacial score (nSPS) is 11.9. The molecule has 30 heavy (non-hydrogen) atoms. The van der Waals surface area contributed by atoms with Crippen molar-refractivity contribution in [2.24, 2.45) is 0 Å². The number of unbranched alkanes of at least 4 members (excludes halogenated alkanes) is 6. The van der Waals surface area contributed by atoms with Crippen LogP contribution in [0.5, 0.6) is 0 Å². The summed E-state index contributed by atoms with van der Waals surface area (Å²) in [5, 5.41) is 0. The van der Waals surface area contributed by atoms with E-state index in [0.29, 0.717) is 0 Å². The Hall–Kier alpha value is 0.733. The van der Waals surface area contributed by atoms with Gasteiger partial charge in [-0.05, 0) is 54.4 Å². The average molecular weight is 540 g/mol. The van der Waals surface area contributed by atoms with Gasteiger partial charge in [-0.2, -0.15) is 17.2 Å². The number of hydrogen-bond acceptors (Lipinski definition) is 2. The van der Waals surface area contributed by atoms with Crippen molar-refractivity contribution in [3.63, 3.8) is 0 Å². The van der Waals surface area contributed by atoms with Crippen molar-refractivity contribution in [1.29, 1.82) is 0 Å². The van der Waals surface area contributed by atoms with Crippen LogP contribution in [0.3, 0.4) is 0 Å². The van der Waals surface area contributed by atoms with Crippen LogP contribution in [0.25, 0.3) is 0 Å². The van der Waals surface area contributed by atoms with Gasteiger partial charge in [-0.25, -0.2) is 12.1 Å². The Labute approximate surface area is 205 Å². The van der Waals surface area contributed by atoms with Gasteiger partial charge in [0.15, 0.2) is 0 Å². The molecule has 0 heterocycles. The molecule has 0 fully saturated rings. The van der Waals surface area contributed by atoms with E-state index in [1.165, 1.54) is 64.2 Å². The summed E-state index contributed by atoms with van der Waals surface area (Å²) in [6, 6.07) is 6.89. The minimum atomic E-state index is -0.826. The molecule has 0 aromatic heterocycles. The van der Waals surface area contributed by atoms with Crippen molar-refractivity contribution in [1.82, 2.24) is 0 Å². The molecule has 0 N–H and O–H groups in total. The van der Waals surface area contributed by atoms with Crippen LogP contribution in [-0.2, 0) is 43.2 Å². The Morgan fingerprint density at radius 3 is 1.73 bits per heavy atom. The first-order chi connectivity index (χ1) is 14.1. The van der Waals surface area contributed by atoms with Crippen molar-refractivity contribution in [3.05, 3.63) is 29.3 Å². The predicted molar refractivity (Wildman–Crippen MR) is 129 cm³/mol. The SMILES string of the molecule is CC(C)(C)OCCCCCCc1ccc[c-]1CCCCCCOC(C)(C)C.[Cl][Zr][Cl]. The molecule has 0 spiro atoms. The van der Waals surface area contributed by atoms with Crippen LogP contribution in [0.2, 0.25) is 0 Å². The second-order valence-electron chi connectivity index (χ2n) is 9.90. The summed E-state index contributed by atoms with van der Waals surface area (Å²) in [5.74, 6) is 0. The summed E-state index contributed by atoms with van der Waals surface area (Å²) in [6.07, 6.45) is 12.6. The first-order valence-electron chi connectivity index (χ1n) is 11.6. The molecule has 1 aromatic rings. The molecule has 1 rings (SSSR count). The third-order valence-electron chi connectivity index (χ3n) is 4.76. The molecule has 0 aliphatic heterocycles. The zero-order chi connectivity index (χ0) is 22.9. The maximum absolute atomic E-state index is 5.79. The standard InChI is InChI=1S/C25H45O2.2ClH.Zr/c1-24(2,3)26-20-13-9-7-11-16-22-18-15-19-23(22)17-12-8-10-14-21-27-25(4,5)6;;;/h15,18-19H,7-14,16-17,20-21H2,1-6H3;2*1H;/q-1;;;+2/p-2. The summed E-state index contributed by atoms with van der Waals surface area (Å²) in [7, 11) is 9.87. The van der Waals surface area contributed by atoms with Crippen LogP contribution in [0.15, 0.2) is 18.2 Å². The van der Waals surface area contributed by atoms with E-state index in [4.69, 9.17) is 26.5 Å². The van der Waals surface area contributed by atoms with Gasteiger partial charge in [0.25, 0.3) is 0 Å². The quantitative estimate of drug-likeness (QED) is 0.174. The van der Waals surface area contributed by atoms with E-state index >= 15 is 0 Å². The molecule has 0 aliphatic rings. The molecule has 1 aromatic carbocycles. The fourth-order valence-electron chi connectivity index (χ4n) is 3.28. The monoisotopic (exact) mass is 537 g/mol. The van der Waals surface area contributed by atoms with Crippen molar-refractivity contribution in [2.45, 2.75) is 117 Å². The van der Waals surface area contributed by atoms with Crippen LogP contribution in [-0.4, -0.2) is 24.4 Å². The van der Waals surface area contributed by atoms with Gasteiger partial charge in [0, 0.05) is 13.2 Å². The second-order valence-corrected chi connectivity index (χ2v) is 13.6. The molecule has 0 saturated carbocycles. The average Bonchev–Trinajstić information content (AvgIpc) is 3.06. The number of halogens is 2. The van der Waals surface area contributed by atoms with Crippen LogP contribution in [0.1, 0.15) is 104 Å². The van der Waals surface area contributed by atoms with Crippen LogP contribution < -0.4 is 0 Å². The number of ether oxygens (including phenoxy) is 2. The summed E-state index contributed by atoms with van der Waals surface area (Å²) < 4.78 is 11.6. The molecule has 176 valence electrons. The Bertz CT molecular complexity index is 461. The van der Waals surface area contributed by atoms with Gasteiger partial charge in [0.2, 0.25) is 0 Å². The second kappa shape index (κ2) is 18.2. The minimum absolute atomic E-state index is 0.00377. The zero-order valence-corrected chi connectivity index (χ0v) is 24.3. The summed E-state index contributed by atoms with van der Waals surface area (Å²) in [6.45, 7) is 14.6. The van der Waals surface area contributed by atoms with Gasteiger partial charge in [-0.3, -0.25) is 0 Å². The Kier molecular flexibility index (Phi) is 18.6. The number of aryl methyl sites for hydroxylation is 2. The van der Waals surface area contributed by atoms with Gasteiger partial charge in [0.05, 0.1) is 11.2 Å². The summed E-state index contributed by atoms with van der Waals surface area (Å²) >= 11 is -0.826. The molecule has 0 unspecified atom stereocenters. The molecule has 5 heteroatoms. The van der Waals surface area contributed by atoms with E-state index in [1.807, 2.05) is 0 Å². The fourth-order valence-corrected chi connectivity index (χ4v) is 3.28. The molecule has 0 bridgehead atoms. The maximum atomic E-state index is 5.79. The molecule has 0 aliphatic carbocycles. The summed E-state index contributed by atoms with van der Waals surface area (Å²) in [5.41, 5.74) is 3.17. The van der Waals surface area contributed by atoms with Gasteiger partial charge in [-0.15, -0.1) is 0 Å². The first kappa shape index (κ1) is 30.7. The first-order valence-corrected chi connectivity index (χ1v) is 17.9. The van der Waals surface area contributed by atoms with Gasteiger partial charge in [-0.1, -0.05) is 51.4 Å². The molecule has 0 amide bonds. The van der Waals surface area contributed by atoms with E-state index < -0.39 is 20.8 Å². The third kappa shape index (κ3) is 20.6. The topological polar surface area (TPSA) is 18.5 Å². The number of rotatable bonds is 14. The van der Waals surface area contributed by atoms with Crippen molar-refractivity contribution in [2.75, 3.05) is 13.2 Å². The van der Waals surface area contributed by atoms with E-state index in [0.717, 1.165) is 13.2 Å². The number of hydrogen-bond donors (Lipinski definition) is 0. The van der Waals surface area contributed by atoms with Gasteiger partial charge in [0.1, 0.15) is 0 Å². The predicted octanol–water partition coefficient (Wildman–Crippen LogP) is 8.62. The van der Waals surface area contributed by atoms with Crippen LogP contribution in [0.4, 0.5) is 0 Å². The van der Waals surface area contributed by atoms with Crippen LogP contribution >= 0.6 is 17.0 Å². The Morgan fingerprint density at radius 1 is 0.767 bits per heavy atom. The van der Waals surface area contributed by atoms with Crippen LogP contribution in [0, 0.1) is 0 Å². The van der Waals surface area contributed by atoms with Crippen molar-refractivity contribution >= 4 is 17.0 Å². The molecule has 0 atom stereocenters. The van der Waals surface area contributed by atoms with E-state index in [-0.39, 0.29) is 11.2 Å². The van der Waals surface area contributed by atoms with Crippen molar-refractivity contribution in [3.8, 4) is 0 Å². The van der Waals surface area contributed by atoms with E-state index in [2.05, 4.69) is 59.7 Å². The molecular weight excluding hydrogens is 494 g/mol. The van der Waals surface area contributed by atoms with Gasteiger partial charge < -0.3 is 9.47 Å². The fraction of sp³-hybridized carbons (Fsp3) is 0.800. The Balaban J connectivity index is 0.00000263. The van der Waals surface area contributed by atoms with Gasteiger partial charge >= 0.3 is 37.9 Å². The molecule has 0 saturated heterocycles.